The van der Waals surface area contributed by atoms with E-state index in [1.54, 1.807) is 0 Å². The van der Waals surface area contributed by atoms with Gasteiger partial charge >= 0.3 is 0 Å². The van der Waals surface area contributed by atoms with E-state index in [-0.39, 0.29) is 0 Å². The molecule has 0 amide bonds. The van der Waals surface area contributed by atoms with Gasteiger partial charge in [0, 0.05) is 16.9 Å². The summed E-state index contributed by atoms with van der Waals surface area (Å²) in [6.45, 7) is 0. The summed E-state index contributed by atoms with van der Waals surface area (Å²) in [6, 6.07) is 118. The van der Waals surface area contributed by atoms with Gasteiger partial charge in [-0.3, -0.25) is 0 Å². The Morgan fingerprint density at radius 1 is 0.218 bits per heavy atom. The van der Waals surface area contributed by atoms with Crippen LogP contribution in [0.15, 0.2) is 322 Å². The molecule has 0 aromatic heterocycles. The molecule has 13 aromatic rings. The van der Waals surface area contributed by atoms with Gasteiger partial charge in [-0.15, -0.1) is 0 Å². The average molecular weight is 992 g/mol. The van der Waals surface area contributed by atoms with Crippen molar-refractivity contribution in [3.8, 4) is 77.9 Å². The number of para-hydroxylation sites is 1. The van der Waals surface area contributed by atoms with E-state index in [1.165, 1.54) is 88.7 Å². The van der Waals surface area contributed by atoms with Gasteiger partial charge in [-0.1, -0.05) is 261 Å². The lowest BCUT2D eigenvalue weighted by Crippen LogP contribution is -2.28. The quantitative estimate of drug-likeness (QED) is 0.125. The van der Waals surface area contributed by atoms with Gasteiger partial charge in [-0.2, -0.15) is 0 Å². The van der Waals surface area contributed by atoms with Crippen LogP contribution in [-0.4, -0.2) is 0 Å². The smallest absolute Gasteiger partial charge is 0.0713 e. The van der Waals surface area contributed by atoms with Crippen molar-refractivity contribution in [3.05, 3.63) is 344 Å². The third-order valence-electron chi connectivity index (χ3n) is 15.9. The van der Waals surface area contributed by atoms with Gasteiger partial charge in [0.25, 0.3) is 0 Å². The Morgan fingerprint density at radius 3 is 1.23 bits per heavy atom. The number of benzene rings is 13. The first kappa shape index (κ1) is 46.5. The fourth-order valence-corrected chi connectivity index (χ4v) is 12.3. The van der Waals surface area contributed by atoms with Crippen molar-refractivity contribution in [2.45, 2.75) is 5.41 Å². The van der Waals surface area contributed by atoms with Crippen LogP contribution in [0, 0.1) is 0 Å². The molecule has 0 saturated carbocycles. The number of anilines is 3. The van der Waals surface area contributed by atoms with E-state index in [1.807, 2.05) is 0 Å². The van der Waals surface area contributed by atoms with E-state index >= 15 is 0 Å². The zero-order chi connectivity index (χ0) is 51.8. The minimum Gasteiger partial charge on any atom is -0.310 e. The monoisotopic (exact) mass is 991 g/mol. The second-order valence-electron chi connectivity index (χ2n) is 20.4. The molecule has 0 N–H and O–H groups in total. The van der Waals surface area contributed by atoms with Crippen molar-refractivity contribution in [1.82, 2.24) is 0 Å². The topological polar surface area (TPSA) is 3.24 Å². The number of rotatable bonds is 11. The highest BCUT2D eigenvalue weighted by Gasteiger charge is 2.46. The molecule has 0 saturated heterocycles. The zero-order valence-electron chi connectivity index (χ0n) is 43.0. The van der Waals surface area contributed by atoms with Gasteiger partial charge in [-0.25, -0.2) is 0 Å². The fourth-order valence-electron chi connectivity index (χ4n) is 12.3. The Labute approximate surface area is 457 Å². The predicted molar refractivity (Wildman–Crippen MR) is 329 cm³/mol. The molecule has 14 rings (SSSR count). The molecule has 0 bridgehead atoms. The number of nitrogens with zero attached hydrogens (tertiary/aromatic N) is 1. The first-order valence-corrected chi connectivity index (χ1v) is 27.0. The number of hydrogen-bond acceptors (Lipinski definition) is 1. The molecule has 1 nitrogen and oxygen atoms in total. The van der Waals surface area contributed by atoms with Crippen molar-refractivity contribution < 1.29 is 0 Å². The van der Waals surface area contributed by atoms with E-state index in [0.717, 1.165) is 39.3 Å². The van der Waals surface area contributed by atoms with E-state index in [0.29, 0.717) is 0 Å². The molecule has 0 fully saturated rings. The van der Waals surface area contributed by atoms with Gasteiger partial charge in [0.2, 0.25) is 0 Å². The third kappa shape index (κ3) is 8.21. The van der Waals surface area contributed by atoms with Crippen LogP contribution in [0.2, 0.25) is 0 Å². The molecule has 1 aliphatic carbocycles. The Bertz CT molecular complexity index is 4170. The van der Waals surface area contributed by atoms with Gasteiger partial charge in [-0.05, 0) is 166 Å². The van der Waals surface area contributed by atoms with Crippen molar-refractivity contribution in [2.24, 2.45) is 0 Å². The summed E-state index contributed by atoms with van der Waals surface area (Å²) >= 11 is 0. The van der Waals surface area contributed by atoms with Crippen LogP contribution in [-0.2, 0) is 5.41 Å². The summed E-state index contributed by atoms with van der Waals surface area (Å²) in [5.74, 6) is 0. The molecule has 0 unspecified atom stereocenters. The Morgan fingerprint density at radius 2 is 0.615 bits per heavy atom. The SMILES string of the molecule is c1ccc(-c2cc(-c3ccccc3)cc(-c3ccc(N(c4ccc(-c5ccc6c(c5)C(c5ccccc5)(c5ccccc5)c5ccccc5-6)cc4)c4ccccc4-c4cccc(-c5cccc6ccccc56)c4)cc3)c2)cc1. The molecular weight excluding hydrogens is 939 g/mol. The maximum Gasteiger partial charge on any atom is 0.0713 e. The Hall–Kier alpha value is -10.1. The number of hydrogen-bond donors (Lipinski definition) is 0. The van der Waals surface area contributed by atoms with E-state index < -0.39 is 5.41 Å². The van der Waals surface area contributed by atoms with Crippen molar-refractivity contribution >= 4 is 27.8 Å². The second-order valence-corrected chi connectivity index (χ2v) is 20.4. The third-order valence-corrected chi connectivity index (χ3v) is 15.9. The zero-order valence-corrected chi connectivity index (χ0v) is 43.0. The maximum absolute atomic E-state index is 2.45. The lowest BCUT2D eigenvalue weighted by atomic mass is 9.67. The standard InChI is InChI=1S/C77H53N/c1-5-21-54(22-6-1)62-50-63(55-23-7-2-8-24-55)52-64(51-62)57-41-46-68(47-42-57)78(76-38-18-16-34-71(76)61-28-19-27-60(49-61)70-36-20-26-58-25-13-14-33-69(58)70)67-44-39-56(40-45-67)59-43-48-73-72-35-15-17-37-74(72)77(75(73)53-59,65-29-9-3-10-30-65)66-31-11-4-12-32-66/h1-53H. The van der Waals surface area contributed by atoms with E-state index in [4.69, 9.17) is 0 Å². The van der Waals surface area contributed by atoms with Crippen LogP contribution in [0.5, 0.6) is 0 Å². The summed E-state index contributed by atoms with van der Waals surface area (Å²) in [6.07, 6.45) is 0. The van der Waals surface area contributed by atoms with Crippen LogP contribution >= 0.6 is 0 Å². The minimum atomic E-state index is -0.478. The average Bonchev–Trinajstić information content (AvgIpc) is 4.08. The van der Waals surface area contributed by atoms with Gasteiger partial charge in [0.15, 0.2) is 0 Å². The van der Waals surface area contributed by atoms with Crippen LogP contribution in [0.3, 0.4) is 0 Å². The summed E-state index contributed by atoms with van der Waals surface area (Å²) < 4.78 is 0. The van der Waals surface area contributed by atoms with E-state index in [2.05, 4.69) is 326 Å². The normalized spacial score (nSPS) is 12.2. The molecule has 366 valence electrons. The summed E-state index contributed by atoms with van der Waals surface area (Å²) in [4.78, 5) is 2.43. The molecule has 0 heterocycles. The van der Waals surface area contributed by atoms with Crippen molar-refractivity contribution in [3.63, 3.8) is 0 Å². The molecule has 78 heavy (non-hydrogen) atoms. The second kappa shape index (κ2) is 19.9. The molecule has 0 aliphatic heterocycles. The van der Waals surface area contributed by atoms with Gasteiger partial charge in [0.05, 0.1) is 11.1 Å². The van der Waals surface area contributed by atoms with Crippen molar-refractivity contribution in [2.75, 3.05) is 4.90 Å². The largest absolute Gasteiger partial charge is 0.310 e. The molecule has 0 radical (unpaired) electrons. The van der Waals surface area contributed by atoms with Crippen LogP contribution in [0.25, 0.3) is 88.7 Å². The summed E-state index contributed by atoms with van der Waals surface area (Å²) in [5, 5.41) is 2.48. The van der Waals surface area contributed by atoms with Crippen LogP contribution < -0.4 is 4.90 Å². The summed E-state index contributed by atoms with van der Waals surface area (Å²) in [7, 11) is 0. The van der Waals surface area contributed by atoms with Gasteiger partial charge in [0.1, 0.15) is 0 Å². The van der Waals surface area contributed by atoms with E-state index in [9.17, 15) is 0 Å². The van der Waals surface area contributed by atoms with Crippen LogP contribution in [0.4, 0.5) is 17.1 Å². The fraction of sp³-hybridized carbons (Fsp3) is 0.0130. The number of fused-ring (bicyclic) bond motifs is 4. The van der Waals surface area contributed by atoms with Crippen molar-refractivity contribution in [1.29, 1.82) is 0 Å². The molecule has 0 atom stereocenters. The first-order chi connectivity index (χ1) is 38.7. The minimum absolute atomic E-state index is 0.478. The van der Waals surface area contributed by atoms with Crippen LogP contribution in [0.1, 0.15) is 22.3 Å². The highest BCUT2D eigenvalue weighted by atomic mass is 15.1. The van der Waals surface area contributed by atoms with Gasteiger partial charge < -0.3 is 4.90 Å². The maximum atomic E-state index is 2.45. The molecule has 1 heteroatoms. The molecule has 1 aliphatic rings. The highest BCUT2D eigenvalue weighted by molar-refractivity contribution is 5.98. The first-order valence-electron chi connectivity index (χ1n) is 27.0. The Balaban J connectivity index is 0.898. The Kier molecular flexibility index (Phi) is 11.8. The molecular formula is C77H53N. The lowest BCUT2D eigenvalue weighted by Gasteiger charge is -2.34. The summed E-state index contributed by atoms with van der Waals surface area (Å²) in [5.41, 5.74) is 24.6. The molecule has 13 aromatic carbocycles. The molecule has 0 spiro atoms. The lowest BCUT2D eigenvalue weighted by molar-refractivity contribution is 0.769. The highest BCUT2D eigenvalue weighted by Crippen LogP contribution is 2.57. The predicted octanol–water partition coefficient (Wildman–Crippen LogP) is 20.7.